The van der Waals surface area contributed by atoms with Crippen LogP contribution in [-0.2, 0) is 0 Å². The predicted octanol–water partition coefficient (Wildman–Crippen LogP) is 1.96. The van der Waals surface area contributed by atoms with Crippen molar-refractivity contribution in [3.63, 3.8) is 0 Å². The lowest BCUT2D eigenvalue weighted by Gasteiger charge is -2.00. The van der Waals surface area contributed by atoms with Crippen molar-refractivity contribution in [3.05, 3.63) is 32.5 Å². The van der Waals surface area contributed by atoms with Gasteiger partial charge in [0.25, 0.3) is 0 Å². The minimum atomic E-state index is -0.378. The molecule has 80 valence electrons. The smallest absolute Gasteiger partial charge is 0.211 e. The van der Waals surface area contributed by atoms with Crippen LogP contribution in [0.15, 0.2) is 31.3 Å². The van der Waals surface area contributed by atoms with Gasteiger partial charge in [0.1, 0.15) is 5.82 Å². The van der Waals surface area contributed by atoms with Gasteiger partial charge in [0, 0.05) is 14.5 Å². The Morgan fingerprint density at radius 1 is 1.33 bits per heavy atom. The lowest BCUT2D eigenvalue weighted by atomic mass is 10.2. The van der Waals surface area contributed by atoms with E-state index in [-0.39, 0.29) is 11.8 Å². The molecule has 0 heterocycles. The molecule has 0 aromatic heterocycles. The van der Waals surface area contributed by atoms with Gasteiger partial charge >= 0.3 is 0 Å². The molecular weight excluding hydrogens is 331 g/mol. The topological polar surface area (TPSA) is 76.8 Å². The third kappa shape index (κ3) is 3.60. The minimum absolute atomic E-state index is 0.155. The van der Waals surface area contributed by atoms with Crippen molar-refractivity contribution in [1.82, 2.24) is 0 Å². The Hall–Kier alpha value is -0.950. The summed E-state index contributed by atoms with van der Waals surface area (Å²) < 4.78 is 14.3. The molecular formula is C8H7Br2FN4. The van der Waals surface area contributed by atoms with Crippen LogP contribution >= 0.6 is 31.9 Å². The van der Waals surface area contributed by atoms with Crippen LogP contribution in [0.5, 0.6) is 0 Å². The first-order valence-corrected chi connectivity index (χ1v) is 5.36. The molecule has 0 atom stereocenters. The zero-order valence-corrected chi connectivity index (χ0v) is 10.6. The minimum Gasteiger partial charge on any atom is -0.369 e. The van der Waals surface area contributed by atoms with Crippen molar-refractivity contribution in [2.45, 2.75) is 0 Å². The molecule has 0 unspecified atom stereocenters. The zero-order chi connectivity index (χ0) is 11.4. The summed E-state index contributed by atoms with van der Waals surface area (Å²) in [5.74, 6) is -0.533. The van der Waals surface area contributed by atoms with E-state index in [2.05, 4.69) is 42.1 Å². The monoisotopic (exact) mass is 336 g/mol. The fourth-order valence-corrected chi connectivity index (χ4v) is 1.61. The van der Waals surface area contributed by atoms with Crippen molar-refractivity contribution in [3.8, 4) is 0 Å². The molecule has 0 amide bonds. The molecule has 1 rings (SSSR count). The quantitative estimate of drug-likeness (QED) is 0.374. The molecule has 0 aliphatic heterocycles. The van der Waals surface area contributed by atoms with Crippen LogP contribution in [0.2, 0.25) is 0 Å². The first-order valence-electron chi connectivity index (χ1n) is 3.77. The highest BCUT2D eigenvalue weighted by Gasteiger charge is 2.04. The molecule has 4 N–H and O–H groups in total. The second-order valence-corrected chi connectivity index (χ2v) is 4.21. The highest BCUT2D eigenvalue weighted by Crippen LogP contribution is 2.26. The van der Waals surface area contributed by atoms with Crippen molar-refractivity contribution >= 4 is 44.0 Å². The van der Waals surface area contributed by atoms with Gasteiger partial charge in [0.05, 0.1) is 6.21 Å². The van der Waals surface area contributed by atoms with Crippen LogP contribution in [0.25, 0.3) is 0 Å². The summed E-state index contributed by atoms with van der Waals surface area (Å²) in [4.78, 5) is 0. The van der Waals surface area contributed by atoms with Gasteiger partial charge in [-0.2, -0.15) is 5.10 Å². The number of benzene rings is 1. The van der Waals surface area contributed by atoms with Gasteiger partial charge < -0.3 is 11.5 Å². The molecule has 7 heteroatoms. The SMILES string of the molecule is NC(N)=NN=Cc1cc(F)cc(Br)c1Br. The van der Waals surface area contributed by atoms with E-state index in [4.69, 9.17) is 11.5 Å². The van der Waals surface area contributed by atoms with Crippen molar-refractivity contribution < 1.29 is 4.39 Å². The third-order valence-corrected chi connectivity index (χ3v) is 3.43. The Kier molecular flexibility index (Phi) is 4.22. The second-order valence-electron chi connectivity index (χ2n) is 2.56. The van der Waals surface area contributed by atoms with E-state index in [0.717, 1.165) is 0 Å². The number of nitrogens with two attached hydrogens (primary N) is 2. The van der Waals surface area contributed by atoms with Gasteiger partial charge in [-0.3, -0.25) is 0 Å². The normalized spacial score (nSPS) is 10.6. The van der Waals surface area contributed by atoms with E-state index < -0.39 is 0 Å². The molecule has 0 spiro atoms. The lowest BCUT2D eigenvalue weighted by Crippen LogP contribution is -2.21. The van der Waals surface area contributed by atoms with Crippen LogP contribution < -0.4 is 11.5 Å². The van der Waals surface area contributed by atoms with E-state index in [0.29, 0.717) is 14.5 Å². The number of halogens is 3. The summed E-state index contributed by atoms with van der Waals surface area (Å²) in [6.45, 7) is 0. The maximum Gasteiger partial charge on any atom is 0.211 e. The summed E-state index contributed by atoms with van der Waals surface area (Å²) in [5, 5.41) is 6.98. The summed E-state index contributed by atoms with van der Waals surface area (Å²) in [6, 6.07) is 2.64. The Bertz CT molecular complexity index is 427. The number of hydrogen-bond acceptors (Lipinski definition) is 2. The van der Waals surface area contributed by atoms with E-state index in [9.17, 15) is 4.39 Å². The van der Waals surface area contributed by atoms with Gasteiger partial charge in [-0.25, -0.2) is 4.39 Å². The summed E-state index contributed by atoms with van der Waals surface area (Å²) in [5.41, 5.74) is 10.7. The number of hydrogen-bond donors (Lipinski definition) is 2. The molecule has 0 saturated heterocycles. The van der Waals surface area contributed by atoms with Crippen molar-refractivity contribution in [1.29, 1.82) is 0 Å². The Balaban J connectivity index is 3.05. The summed E-state index contributed by atoms with van der Waals surface area (Å²) in [7, 11) is 0. The zero-order valence-electron chi connectivity index (χ0n) is 7.42. The van der Waals surface area contributed by atoms with E-state index in [1.54, 1.807) is 0 Å². The standard InChI is InChI=1S/C8H7Br2FN4/c9-6-2-5(11)1-4(7(6)10)3-14-15-8(12)13/h1-3H,(H4,12,13,15). The fraction of sp³-hybridized carbons (Fsp3) is 0. The maximum atomic E-state index is 13.0. The number of guanidine groups is 1. The van der Waals surface area contributed by atoms with Gasteiger partial charge in [0.15, 0.2) is 0 Å². The van der Waals surface area contributed by atoms with E-state index in [1.165, 1.54) is 18.3 Å². The second kappa shape index (κ2) is 5.22. The third-order valence-electron chi connectivity index (χ3n) is 1.39. The van der Waals surface area contributed by atoms with Gasteiger partial charge in [0.2, 0.25) is 5.96 Å². The number of rotatable bonds is 2. The van der Waals surface area contributed by atoms with Crippen LogP contribution in [0.4, 0.5) is 4.39 Å². The highest BCUT2D eigenvalue weighted by molar-refractivity contribution is 9.13. The Morgan fingerprint density at radius 2 is 2.00 bits per heavy atom. The number of nitrogens with zero attached hydrogens (tertiary/aromatic N) is 2. The predicted molar refractivity (Wildman–Crippen MR) is 65.2 cm³/mol. The highest BCUT2D eigenvalue weighted by atomic mass is 79.9. The summed E-state index contributed by atoms with van der Waals surface area (Å²) in [6.07, 6.45) is 1.34. The Morgan fingerprint density at radius 3 is 2.60 bits per heavy atom. The van der Waals surface area contributed by atoms with Crippen LogP contribution in [0.1, 0.15) is 5.56 Å². The van der Waals surface area contributed by atoms with E-state index in [1.807, 2.05) is 0 Å². The Labute approximate surface area is 103 Å². The average Bonchev–Trinajstić information content (AvgIpc) is 2.12. The van der Waals surface area contributed by atoms with Crippen LogP contribution in [0.3, 0.4) is 0 Å². The molecule has 1 aromatic carbocycles. The molecule has 0 fully saturated rings. The molecule has 1 aromatic rings. The molecule has 0 radical (unpaired) electrons. The van der Waals surface area contributed by atoms with Crippen molar-refractivity contribution in [2.75, 3.05) is 0 Å². The summed E-state index contributed by atoms with van der Waals surface area (Å²) >= 11 is 6.45. The van der Waals surface area contributed by atoms with Gasteiger partial charge in [-0.05, 0) is 44.0 Å². The average molecular weight is 338 g/mol. The van der Waals surface area contributed by atoms with Crippen LogP contribution in [0, 0.1) is 5.82 Å². The van der Waals surface area contributed by atoms with Crippen molar-refractivity contribution in [2.24, 2.45) is 21.7 Å². The maximum absolute atomic E-state index is 13.0. The molecule has 4 nitrogen and oxygen atoms in total. The van der Waals surface area contributed by atoms with E-state index >= 15 is 0 Å². The first-order chi connectivity index (χ1) is 7.00. The fourth-order valence-electron chi connectivity index (χ4n) is 0.828. The van der Waals surface area contributed by atoms with Gasteiger partial charge in [-0.1, -0.05) is 0 Å². The molecule has 15 heavy (non-hydrogen) atoms. The molecule has 0 saturated carbocycles. The first kappa shape index (κ1) is 12.1. The van der Waals surface area contributed by atoms with Crippen LogP contribution in [-0.4, -0.2) is 12.2 Å². The molecule has 0 aliphatic carbocycles. The lowest BCUT2D eigenvalue weighted by molar-refractivity contribution is 0.626. The molecule has 0 aliphatic rings. The van der Waals surface area contributed by atoms with Gasteiger partial charge in [-0.15, -0.1) is 5.10 Å². The largest absolute Gasteiger partial charge is 0.369 e. The molecule has 0 bridgehead atoms.